The number of hydrogen-bond donors (Lipinski definition) is 0. The molecule has 0 aromatic carbocycles. The number of aryl methyl sites for hydroxylation is 2. The number of fused-ring (bicyclic) bond motifs is 5. The lowest BCUT2D eigenvalue weighted by Gasteiger charge is -1.99. The molecule has 4 heterocycles. The minimum Gasteiger partial charge on any atom is -0.138 e. The Bertz CT molecular complexity index is 957. The van der Waals surface area contributed by atoms with Gasteiger partial charge in [0.2, 0.25) is 0 Å². The van der Waals surface area contributed by atoms with Crippen LogP contribution in [0.4, 0.5) is 0 Å². The summed E-state index contributed by atoms with van der Waals surface area (Å²) in [5, 5.41) is 0. The molecular weight excluding hydrogens is 441 g/mol. The van der Waals surface area contributed by atoms with E-state index >= 15 is 0 Å². The van der Waals surface area contributed by atoms with Crippen molar-refractivity contribution in [2.75, 3.05) is 0 Å². The Balaban J connectivity index is 1.36. The summed E-state index contributed by atoms with van der Waals surface area (Å²) in [6.07, 6.45) is 19.3. The van der Waals surface area contributed by atoms with E-state index in [0.717, 1.165) is 0 Å². The van der Waals surface area contributed by atoms with Crippen molar-refractivity contribution in [1.29, 1.82) is 0 Å². The lowest BCUT2D eigenvalue weighted by Crippen LogP contribution is -1.82. The quantitative estimate of drug-likeness (QED) is 0.159. The minimum atomic E-state index is 1.28. The van der Waals surface area contributed by atoms with Crippen LogP contribution in [-0.4, -0.2) is 0 Å². The summed E-state index contributed by atoms with van der Waals surface area (Å²) in [6, 6.07) is 5.00. The Hall–Kier alpha value is -0.420. The van der Waals surface area contributed by atoms with Crippen molar-refractivity contribution in [2.24, 2.45) is 0 Å². The van der Waals surface area contributed by atoms with E-state index in [9.17, 15) is 0 Å². The van der Waals surface area contributed by atoms with Gasteiger partial charge >= 0.3 is 0 Å². The Morgan fingerprint density at radius 2 is 0.867 bits per heavy atom. The lowest BCUT2D eigenvalue weighted by atomic mass is 10.1. The summed E-state index contributed by atoms with van der Waals surface area (Å²) in [6.45, 7) is 4.59. The van der Waals surface area contributed by atoms with Crippen molar-refractivity contribution >= 4 is 73.5 Å². The molecule has 4 aromatic rings. The second kappa shape index (κ2) is 11.4. The molecular formula is C26H36S4. The molecule has 0 aliphatic heterocycles. The molecule has 30 heavy (non-hydrogen) atoms. The van der Waals surface area contributed by atoms with Gasteiger partial charge in [-0.3, -0.25) is 0 Å². The van der Waals surface area contributed by atoms with Crippen LogP contribution in [0.15, 0.2) is 12.1 Å². The summed E-state index contributed by atoms with van der Waals surface area (Å²) in [7, 11) is 0. The first kappa shape index (κ1) is 22.8. The molecule has 0 radical (unpaired) electrons. The molecule has 4 aromatic heterocycles. The molecule has 0 nitrogen and oxygen atoms in total. The molecule has 0 unspecified atom stereocenters. The molecule has 0 bridgehead atoms. The Morgan fingerprint density at radius 1 is 0.467 bits per heavy atom. The van der Waals surface area contributed by atoms with E-state index in [1.807, 2.05) is 0 Å². The van der Waals surface area contributed by atoms with Gasteiger partial charge in [0.05, 0.1) is 18.8 Å². The fourth-order valence-corrected chi connectivity index (χ4v) is 10.1. The van der Waals surface area contributed by atoms with E-state index in [2.05, 4.69) is 71.3 Å². The Morgan fingerprint density at radius 3 is 1.30 bits per heavy atom. The van der Waals surface area contributed by atoms with Gasteiger partial charge in [0.15, 0.2) is 0 Å². The molecule has 4 rings (SSSR count). The highest BCUT2D eigenvalue weighted by Gasteiger charge is 2.17. The Kier molecular flexibility index (Phi) is 8.69. The second-order valence-electron chi connectivity index (χ2n) is 8.71. The third kappa shape index (κ3) is 5.49. The Labute approximate surface area is 198 Å². The van der Waals surface area contributed by atoms with Crippen molar-refractivity contribution in [3.63, 3.8) is 0 Å². The lowest BCUT2D eigenvalue weighted by molar-refractivity contribution is 0.609. The first-order chi connectivity index (χ1) is 14.8. The van der Waals surface area contributed by atoms with Crippen LogP contribution in [0.2, 0.25) is 0 Å². The number of hydrogen-bond acceptors (Lipinski definition) is 4. The fourth-order valence-electron chi connectivity index (χ4n) is 4.33. The van der Waals surface area contributed by atoms with Gasteiger partial charge in [-0.25, -0.2) is 0 Å². The third-order valence-corrected chi connectivity index (χ3v) is 11.5. The molecule has 0 aliphatic carbocycles. The monoisotopic (exact) mass is 476 g/mol. The summed E-state index contributed by atoms with van der Waals surface area (Å²) in [5.41, 5.74) is 0. The van der Waals surface area contributed by atoms with Gasteiger partial charge in [-0.1, -0.05) is 78.1 Å². The fraction of sp³-hybridized carbons (Fsp3) is 0.615. The molecule has 0 saturated heterocycles. The standard InChI is InChI=1S/C26H36S4/c1-3-5-7-9-11-13-15-19-17-21-23(27-19)25-26(29-21)24-22(30-25)18-20(28-24)16-14-12-10-8-6-4-2/h17-18H,3-16H2,1-2H3. The van der Waals surface area contributed by atoms with Crippen LogP contribution in [0.1, 0.15) is 101 Å². The van der Waals surface area contributed by atoms with E-state index in [1.165, 1.54) is 99.3 Å². The number of rotatable bonds is 14. The summed E-state index contributed by atoms with van der Waals surface area (Å²) in [4.78, 5) is 3.21. The molecule has 0 N–H and O–H groups in total. The maximum absolute atomic E-state index is 2.50. The van der Waals surface area contributed by atoms with Crippen LogP contribution in [-0.2, 0) is 12.8 Å². The highest BCUT2D eigenvalue weighted by Crippen LogP contribution is 2.49. The molecule has 0 saturated carbocycles. The van der Waals surface area contributed by atoms with Crippen LogP contribution in [0.5, 0.6) is 0 Å². The molecule has 0 atom stereocenters. The zero-order valence-corrected chi connectivity index (χ0v) is 22.0. The van der Waals surface area contributed by atoms with Gasteiger partial charge in [0, 0.05) is 19.2 Å². The smallest absolute Gasteiger partial charge is 0.0650 e. The molecule has 0 amide bonds. The van der Waals surface area contributed by atoms with Crippen LogP contribution in [0.3, 0.4) is 0 Å². The van der Waals surface area contributed by atoms with Crippen molar-refractivity contribution in [3.8, 4) is 0 Å². The number of thiophene rings is 4. The zero-order chi connectivity index (χ0) is 20.8. The highest BCUT2D eigenvalue weighted by atomic mass is 32.1. The van der Waals surface area contributed by atoms with E-state index in [0.29, 0.717) is 0 Å². The summed E-state index contributed by atoms with van der Waals surface area (Å²) < 4.78 is 9.36. The van der Waals surface area contributed by atoms with Crippen LogP contribution in [0, 0.1) is 0 Å². The maximum Gasteiger partial charge on any atom is 0.0650 e. The summed E-state index contributed by atoms with van der Waals surface area (Å²) in [5.74, 6) is 0. The van der Waals surface area contributed by atoms with Crippen molar-refractivity contribution in [3.05, 3.63) is 21.9 Å². The van der Waals surface area contributed by atoms with Gasteiger partial charge in [0.1, 0.15) is 0 Å². The zero-order valence-electron chi connectivity index (χ0n) is 18.7. The average molecular weight is 477 g/mol. The topological polar surface area (TPSA) is 0 Å². The van der Waals surface area contributed by atoms with Crippen LogP contribution < -0.4 is 0 Å². The van der Waals surface area contributed by atoms with Gasteiger partial charge < -0.3 is 0 Å². The van der Waals surface area contributed by atoms with E-state index in [1.54, 1.807) is 28.6 Å². The first-order valence-corrected chi connectivity index (χ1v) is 15.4. The third-order valence-electron chi connectivity index (χ3n) is 6.09. The molecule has 164 valence electrons. The van der Waals surface area contributed by atoms with Crippen LogP contribution in [0.25, 0.3) is 28.2 Å². The molecule has 4 heteroatoms. The van der Waals surface area contributed by atoms with Gasteiger partial charge in [0.25, 0.3) is 0 Å². The first-order valence-electron chi connectivity index (χ1n) is 12.2. The maximum atomic E-state index is 2.50. The highest BCUT2D eigenvalue weighted by molar-refractivity contribution is 7.44. The van der Waals surface area contributed by atoms with Gasteiger partial charge in [-0.2, -0.15) is 0 Å². The predicted molar refractivity (Wildman–Crippen MR) is 145 cm³/mol. The van der Waals surface area contributed by atoms with E-state index < -0.39 is 0 Å². The van der Waals surface area contributed by atoms with E-state index in [4.69, 9.17) is 0 Å². The average Bonchev–Trinajstić information content (AvgIpc) is 3.46. The SMILES string of the molecule is CCCCCCCCc1cc2sc3c4sc(CCCCCCCC)cc4sc3c2s1. The number of unbranched alkanes of at least 4 members (excludes halogenated alkanes) is 10. The molecule has 0 aliphatic rings. The van der Waals surface area contributed by atoms with Crippen molar-refractivity contribution < 1.29 is 0 Å². The van der Waals surface area contributed by atoms with E-state index in [-0.39, 0.29) is 0 Å². The molecule has 0 spiro atoms. The van der Waals surface area contributed by atoms with Gasteiger partial charge in [-0.05, 0) is 37.8 Å². The van der Waals surface area contributed by atoms with Gasteiger partial charge in [-0.15, -0.1) is 45.3 Å². The predicted octanol–water partition coefficient (Wildman–Crippen LogP) is 11.2. The largest absolute Gasteiger partial charge is 0.138 e. The van der Waals surface area contributed by atoms with Crippen molar-refractivity contribution in [1.82, 2.24) is 0 Å². The second-order valence-corrected chi connectivity index (χ2v) is 13.1. The normalized spacial score (nSPS) is 12.2. The summed E-state index contributed by atoms with van der Waals surface area (Å²) >= 11 is 8.25. The molecule has 0 fully saturated rings. The minimum absolute atomic E-state index is 1.28. The van der Waals surface area contributed by atoms with Crippen LogP contribution >= 0.6 is 45.3 Å². The van der Waals surface area contributed by atoms with Crippen molar-refractivity contribution in [2.45, 2.75) is 104 Å².